The molecule has 0 atom stereocenters. The van der Waals surface area contributed by atoms with E-state index >= 15 is 0 Å². The number of hydrogen-bond donors (Lipinski definition) is 1. The summed E-state index contributed by atoms with van der Waals surface area (Å²) in [5, 5.41) is 13.7. The van der Waals surface area contributed by atoms with Gasteiger partial charge in [-0.2, -0.15) is 5.10 Å². The first kappa shape index (κ1) is 19.1. The van der Waals surface area contributed by atoms with Gasteiger partial charge in [-0.3, -0.25) is 14.3 Å². The molecule has 0 saturated heterocycles. The number of carboxylic acid groups (broad SMARTS) is 1. The van der Waals surface area contributed by atoms with Gasteiger partial charge in [0, 0.05) is 18.2 Å². The summed E-state index contributed by atoms with van der Waals surface area (Å²) in [6.07, 6.45) is 2.15. The van der Waals surface area contributed by atoms with Gasteiger partial charge in [0.2, 0.25) is 0 Å². The zero-order valence-electron chi connectivity index (χ0n) is 15.8. The Kier molecular flexibility index (Phi) is 5.04. The molecule has 1 aromatic heterocycles. The average molecular weight is 373 g/mol. The van der Waals surface area contributed by atoms with Gasteiger partial charge < -0.3 is 10.0 Å². The number of benzene rings is 1. The van der Waals surface area contributed by atoms with Crippen LogP contribution in [-0.4, -0.2) is 38.2 Å². The van der Waals surface area contributed by atoms with Crippen LogP contribution in [0, 0.1) is 5.82 Å². The average Bonchev–Trinajstić information content (AvgIpc) is 3.32. The maximum atomic E-state index is 13.1. The molecule has 0 aliphatic heterocycles. The van der Waals surface area contributed by atoms with E-state index in [0.29, 0.717) is 11.5 Å². The zero-order chi connectivity index (χ0) is 19.8. The predicted octanol–water partition coefficient (Wildman–Crippen LogP) is 3.38. The van der Waals surface area contributed by atoms with Crippen molar-refractivity contribution in [3.63, 3.8) is 0 Å². The Morgan fingerprint density at radius 1 is 1.26 bits per heavy atom. The number of rotatable bonds is 6. The van der Waals surface area contributed by atoms with E-state index in [9.17, 15) is 19.1 Å². The second kappa shape index (κ2) is 7.13. The molecule has 7 heteroatoms. The van der Waals surface area contributed by atoms with Crippen molar-refractivity contribution in [2.75, 3.05) is 6.54 Å². The second-order valence-electron chi connectivity index (χ2n) is 7.99. The lowest BCUT2D eigenvalue weighted by molar-refractivity contribution is -0.137. The van der Waals surface area contributed by atoms with Crippen LogP contribution >= 0.6 is 0 Å². The number of halogens is 1. The molecule has 1 N–H and O–H groups in total. The molecular weight excluding hydrogens is 349 g/mol. The first-order valence-corrected chi connectivity index (χ1v) is 9.01. The van der Waals surface area contributed by atoms with Crippen molar-refractivity contribution < 1.29 is 19.1 Å². The van der Waals surface area contributed by atoms with Crippen molar-refractivity contribution in [2.45, 2.75) is 51.6 Å². The number of aliphatic carboxylic acids is 1. The highest BCUT2D eigenvalue weighted by Gasteiger charge is 2.33. The number of hydrogen-bond acceptors (Lipinski definition) is 3. The van der Waals surface area contributed by atoms with Gasteiger partial charge in [0.05, 0.1) is 5.54 Å². The van der Waals surface area contributed by atoms with E-state index in [1.54, 1.807) is 18.2 Å². The van der Waals surface area contributed by atoms with Gasteiger partial charge in [-0.15, -0.1) is 0 Å². The van der Waals surface area contributed by atoms with Crippen LogP contribution in [0.3, 0.4) is 0 Å². The van der Waals surface area contributed by atoms with E-state index in [1.807, 2.05) is 25.5 Å². The number of amides is 1. The summed E-state index contributed by atoms with van der Waals surface area (Å²) in [6.45, 7) is 5.69. The Bertz CT molecular complexity index is 848. The third kappa shape index (κ3) is 4.53. The molecule has 1 heterocycles. The van der Waals surface area contributed by atoms with Crippen LogP contribution in [0.4, 0.5) is 4.39 Å². The summed E-state index contributed by atoms with van der Waals surface area (Å²) in [4.78, 5) is 25.5. The highest BCUT2D eigenvalue weighted by Crippen LogP contribution is 2.41. The smallest absolute Gasteiger partial charge is 0.323 e. The van der Waals surface area contributed by atoms with Crippen LogP contribution < -0.4 is 0 Å². The van der Waals surface area contributed by atoms with Crippen LogP contribution in [0.25, 0.3) is 0 Å². The standard InChI is InChI=1S/C20H24FN3O3/c1-20(2,3)24-17(14-6-7-14)10-16(22-24)19(27)23(12-18(25)26)11-13-4-8-15(21)9-5-13/h4-5,8-10,14H,6-7,11-12H2,1-3H3,(H,25,26). The van der Waals surface area contributed by atoms with Gasteiger partial charge >= 0.3 is 5.97 Å². The maximum Gasteiger partial charge on any atom is 0.323 e. The molecule has 0 unspecified atom stereocenters. The monoisotopic (exact) mass is 373 g/mol. The van der Waals surface area contributed by atoms with Crippen LogP contribution in [0.5, 0.6) is 0 Å². The highest BCUT2D eigenvalue weighted by atomic mass is 19.1. The van der Waals surface area contributed by atoms with Crippen LogP contribution in [0.1, 0.15) is 61.3 Å². The molecule has 2 aromatic rings. The molecule has 6 nitrogen and oxygen atoms in total. The van der Waals surface area contributed by atoms with Gasteiger partial charge in [-0.05, 0) is 57.4 Å². The highest BCUT2D eigenvalue weighted by molar-refractivity contribution is 5.94. The lowest BCUT2D eigenvalue weighted by Crippen LogP contribution is -2.35. The van der Waals surface area contributed by atoms with Crippen LogP contribution in [-0.2, 0) is 16.9 Å². The quantitative estimate of drug-likeness (QED) is 0.842. The lowest BCUT2D eigenvalue weighted by Gasteiger charge is -2.22. The SMILES string of the molecule is CC(C)(C)n1nc(C(=O)N(CC(=O)O)Cc2ccc(F)cc2)cc1C1CC1. The summed E-state index contributed by atoms with van der Waals surface area (Å²) in [5.41, 5.74) is 1.65. The third-order valence-electron chi connectivity index (χ3n) is 4.49. The summed E-state index contributed by atoms with van der Waals surface area (Å²) in [5.74, 6) is -1.52. The zero-order valence-corrected chi connectivity index (χ0v) is 15.8. The number of nitrogens with zero attached hydrogens (tertiary/aromatic N) is 3. The molecular formula is C20H24FN3O3. The molecule has 1 saturated carbocycles. The summed E-state index contributed by atoms with van der Waals surface area (Å²) in [6, 6.07) is 7.45. The summed E-state index contributed by atoms with van der Waals surface area (Å²) < 4.78 is 15.0. The fourth-order valence-corrected chi connectivity index (χ4v) is 3.04. The van der Waals surface area contributed by atoms with Gasteiger partial charge in [0.25, 0.3) is 5.91 Å². The molecule has 3 rings (SSSR count). The first-order valence-electron chi connectivity index (χ1n) is 9.01. The van der Waals surface area contributed by atoms with Crippen LogP contribution in [0.15, 0.2) is 30.3 Å². The Balaban J connectivity index is 1.89. The van der Waals surface area contributed by atoms with E-state index in [2.05, 4.69) is 5.10 Å². The van der Waals surface area contributed by atoms with E-state index in [4.69, 9.17) is 0 Å². The number of carbonyl (C=O) groups is 2. The Morgan fingerprint density at radius 3 is 2.41 bits per heavy atom. The van der Waals surface area contributed by atoms with E-state index in [0.717, 1.165) is 18.5 Å². The van der Waals surface area contributed by atoms with E-state index in [1.165, 1.54) is 17.0 Å². The summed E-state index contributed by atoms with van der Waals surface area (Å²) >= 11 is 0. The van der Waals surface area contributed by atoms with Gasteiger partial charge in [-0.25, -0.2) is 4.39 Å². The van der Waals surface area contributed by atoms with Crippen molar-refractivity contribution in [3.05, 3.63) is 53.1 Å². The first-order chi connectivity index (χ1) is 12.6. The second-order valence-corrected chi connectivity index (χ2v) is 7.99. The minimum Gasteiger partial charge on any atom is -0.480 e. The number of carboxylic acids is 1. The Morgan fingerprint density at radius 2 is 1.89 bits per heavy atom. The molecule has 1 fully saturated rings. The van der Waals surface area contributed by atoms with E-state index in [-0.39, 0.29) is 23.6 Å². The maximum absolute atomic E-state index is 13.1. The van der Waals surface area contributed by atoms with Gasteiger partial charge in [0.1, 0.15) is 12.4 Å². The molecule has 1 aliphatic rings. The molecule has 0 spiro atoms. The minimum absolute atomic E-state index is 0.0759. The molecule has 144 valence electrons. The molecule has 1 aromatic carbocycles. The van der Waals surface area contributed by atoms with Crippen molar-refractivity contribution >= 4 is 11.9 Å². The molecule has 0 radical (unpaired) electrons. The van der Waals surface area contributed by atoms with Crippen molar-refractivity contribution in [2.24, 2.45) is 0 Å². The number of carbonyl (C=O) groups excluding carboxylic acids is 1. The Labute approximate surface area is 157 Å². The van der Waals surface area contributed by atoms with Gasteiger partial charge in [-0.1, -0.05) is 12.1 Å². The molecule has 1 aliphatic carbocycles. The molecule has 1 amide bonds. The largest absolute Gasteiger partial charge is 0.480 e. The summed E-state index contributed by atoms with van der Waals surface area (Å²) in [7, 11) is 0. The topological polar surface area (TPSA) is 75.4 Å². The third-order valence-corrected chi connectivity index (χ3v) is 4.49. The van der Waals surface area contributed by atoms with Gasteiger partial charge in [0.15, 0.2) is 5.69 Å². The lowest BCUT2D eigenvalue weighted by atomic mass is 10.1. The molecule has 0 bridgehead atoms. The molecule has 27 heavy (non-hydrogen) atoms. The minimum atomic E-state index is -1.11. The predicted molar refractivity (Wildman–Crippen MR) is 98.0 cm³/mol. The van der Waals surface area contributed by atoms with Crippen LogP contribution in [0.2, 0.25) is 0 Å². The fraction of sp³-hybridized carbons (Fsp3) is 0.450. The fourth-order valence-electron chi connectivity index (χ4n) is 3.04. The normalized spacial score (nSPS) is 14.2. The van der Waals surface area contributed by atoms with Crippen molar-refractivity contribution in [1.29, 1.82) is 0 Å². The van der Waals surface area contributed by atoms with Crippen molar-refractivity contribution in [1.82, 2.24) is 14.7 Å². The number of aromatic nitrogens is 2. The Hall–Kier alpha value is -2.70. The van der Waals surface area contributed by atoms with Crippen molar-refractivity contribution in [3.8, 4) is 0 Å². The van der Waals surface area contributed by atoms with E-state index < -0.39 is 18.4 Å².